The summed E-state index contributed by atoms with van der Waals surface area (Å²) in [7, 11) is 0. The first-order valence-electron chi connectivity index (χ1n) is 8.39. The molecule has 0 saturated heterocycles. The molecule has 0 aliphatic rings. The second kappa shape index (κ2) is 9.69. The standard InChI is InChI=1S/C21H14BrCl2N3O2/c22-14-8-9-18(17(23)12-14)27-21(29)16(11-13-5-4-10-25-19(13)24)20(28)26-15-6-2-1-3-7-15/h1-12H,(H,26,28)(H,27,29). The van der Waals surface area contributed by atoms with Crippen molar-refractivity contribution in [3.63, 3.8) is 0 Å². The first kappa shape index (κ1) is 21.0. The van der Waals surface area contributed by atoms with Gasteiger partial charge in [0.1, 0.15) is 10.7 Å². The van der Waals surface area contributed by atoms with Gasteiger partial charge in [-0.05, 0) is 42.5 Å². The minimum Gasteiger partial charge on any atom is -0.322 e. The van der Waals surface area contributed by atoms with Gasteiger partial charge in [-0.2, -0.15) is 0 Å². The van der Waals surface area contributed by atoms with Crippen LogP contribution in [0.1, 0.15) is 5.56 Å². The number of halogens is 3. The van der Waals surface area contributed by atoms with Gasteiger partial charge in [-0.1, -0.05) is 63.4 Å². The number of carbonyl (C=O) groups excluding carboxylic acids is 2. The van der Waals surface area contributed by atoms with Crippen LogP contribution in [0.2, 0.25) is 10.2 Å². The molecular formula is C21H14BrCl2N3O2. The number of pyridine rings is 1. The lowest BCUT2D eigenvalue weighted by Crippen LogP contribution is -2.25. The summed E-state index contributed by atoms with van der Waals surface area (Å²) in [6, 6.07) is 17.1. The fraction of sp³-hybridized carbons (Fsp3) is 0. The van der Waals surface area contributed by atoms with Gasteiger partial charge in [-0.3, -0.25) is 9.59 Å². The van der Waals surface area contributed by atoms with Crippen molar-refractivity contribution >= 4 is 68.4 Å². The van der Waals surface area contributed by atoms with Crippen molar-refractivity contribution in [3.8, 4) is 0 Å². The second-order valence-electron chi connectivity index (χ2n) is 5.84. The number of benzene rings is 2. The number of nitrogens with one attached hydrogen (secondary N) is 2. The van der Waals surface area contributed by atoms with Crippen LogP contribution >= 0.6 is 39.1 Å². The third-order valence-electron chi connectivity index (χ3n) is 3.79. The predicted octanol–water partition coefficient (Wildman–Crippen LogP) is 5.81. The zero-order valence-corrected chi connectivity index (χ0v) is 17.9. The zero-order chi connectivity index (χ0) is 20.8. The highest BCUT2D eigenvalue weighted by Gasteiger charge is 2.20. The Balaban J connectivity index is 1.94. The Bertz CT molecular complexity index is 1090. The first-order chi connectivity index (χ1) is 13.9. The fourth-order valence-corrected chi connectivity index (χ4v) is 3.29. The van der Waals surface area contributed by atoms with E-state index >= 15 is 0 Å². The molecule has 2 amide bonds. The molecule has 146 valence electrons. The molecule has 1 heterocycles. The van der Waals surface area contributed by atoms with E-state index in [0.717, 1.165) is 4.47 Å². The van der Waals surface area contributed by atoms with Crippen molar-refractivity contribution in [1.82, 2.24) is 4.98 Å². The van der Waals surface area contributed by atoms with Crippen LogP contribution in [0.25, 0.3) is 6.08 Å². The van der Waals surface area contributed by atoms with Crippen molar-refractivity contribution in [2.45, 2.75) is 0 Å². The number of anilines is 2. The Labute approximate surface area is 185 Å². The Morgan fingerprint density at radius 1 is 0.931 bits per heavy atom. The maximum absolute atomic E-state index is 12.9. The topological polar surface area (TPSA) is 71.1 Å². The molecule has 2 N–H and O–H groups in total. The minimum atomic E-state index is -0.637. The number of amides is 2. The van der Waals surface area contributed by atoms with E-state index in [2.05, 4.69) is 31.5 Å². The fourth-order valence-electron chi connectivity index (χ4n) is 2.40. The van der Waals surface area contributed by atoms with Gasteiger partial charge >= 0.3 is 0 Å². The number of hydrogen-bond acceptors (Lipinski definition) is 3. The summed E-state index contributed by atoms with van der Waals surface area (Å²) in [6.07, 6.45) is 2.90. The van der Waals surface area contributed by atoms with Crippen LogP contribution in [-0.4, -0.2) is 16.8 Å². The van der Waals surface area contributed by atoms with Crippen LogP contribution in [0.15, 0.2) is 76.9 Å². The van der Waals surface area contributed by atoms with Gasteiger partial charge in [0.25, 0.3) is 11.8 Å². The molecule has 0 saturated carbocycles. The lowest BCUT2D eigenvalue weighted by atomic mass is 10.1. The summed E-state index contributed by atoms with van der Waals surface area (Å²) in [5.41, 5.74) is 1.21. The lowest BCUT2D eigenvalue weighted by molar-refractivity contribution is -0.118. The monoisotopic (exact) mass is 489 g/mol. The minimum absolute atomic E-state index is 0.150. The Morgan fingerprint density at radius 2 is 1.66 bits per heavy atom. The van der Waals surface area contributed by atoms with Gasteiger partial charge in [0.15, 0.2) is 0 Å². The van der Waals surface area contributed by atoms with Gasteiger partial charge in [-0.25, -0.2) is 4.98 Å². The van der Waals surface area contributed by atoms with E-state index in [1.165, 1.54) is 12.3 Å². The molecule has 5 nitrogen and oxygen atoms in total. The predicted molar refractivity (Wildman–Crippen MR) is 120 cm³/mol. The van der Waals surface area contributed by atoms with E-state index in [4.69, 9.17) is 23.2 Å². The number of para-hydroxylation sites is 1. The molecule has 0 aliphatic heterocycles. The van der Waals surface area contributed by atoms with Crippen LogP contribution in [0, 0.1) is 0 Å². The Kier molecular flexibility index (Phi) is 7.04. The molecule has 8 heteroatoms. The highest BCUT2D eigenvalue weighted by Crippen LogP contribution is 2.26. The highest BCUT2D eigenvalue weighted by atomic mass is 79.9. The van der Waals surface area contributed by atoms with Crippen molar-refractivity contribution < 1.29 is 9.59 Å². The number of rotatable bonds is 5. The maximum atomic E-state index is 12.9. The van der Waals surface area contributed by atoms with Gasteiger partial charge in [0.2, 0.25) is 0 Å². The molecule has 1 aromatic heterocycles. The normalized spacial score (nSPS) is 11.1. The molecule has 29 heavy (non-hydrogen) atoms. The summed E-state index contributed by atoms with van der Waals surface area (Å²) in [4.78, 5) is 29.8. The number of carbonyl (C=O) groups is 2. The van der Waals surface area contributed by atoms with E-state index in [1.54, 1.807) is 54.6 Å². The van der Waals surface area contributed by atoms with E-state index in [9.17, 15) is 9.59 Å². The average Bonchev–Trinajstić information content (AvgIpc) is 2.70. The molecule has 0 aliphatic carbocycles. The summed E-state index contributed by atoms with van der Waals surface area (Å²) < 4.78 is 0.764. The van der Waals surface area contributed by atoms with E-state index in [1.807, 2.05) is 6.07 Å². The quantitative estimate of drug-likeness (QED) is 0.205. The Morgan fingerprint density at radius 3 is 2.34 bits per heavy atom. The molecule has 0 radical (unpaired) electrons. The lowest BCUT2D eigenvalue weighted by Gasteiger charge is -2.12. The third-order valence-corrected chi connectivity index (χ3v) is 4.91. The van der Waals surface area contributed by atoms with Crippen molar-refractivity contribution in [1.29, 1.82) is 0 Å². The van der Waals surface area contributed by atoms with Crippen LogP contribution in [0.5, 0.6) is 0 Å². The Hall–Kier alpha value is -2.67. The SMILES string of the molecule is O=C(Nc1ccccc1)C(=Cc1cccnc1Cl)C(=O)Nc1ccc(Br)cc1Cl. The van der Waals surface area contributed by atoms with Crippen molar-refractivity contribution in [2.75, 3.05) is 10.6 Å². The first-order valence-corrected chi connectivity index (χ1v) is 9.94. The molecular weight excluding hydrogens is 477 g/mol. The second-order valence-corrected chi connectivity index (χ2v) is 7.52. The van der Waals surface area contributed by atoms with Gasteiger partial charge in [-0.15, -0.1) is 0 Å². The van der Waals surface area contributed by atoms with Crippen LogP contribution in [0.4, 0.5) is 11.4 Å². The van der Waals surface area contributed by atoms with Gasteiger partial charge in [0.05, 0.1) is 10.7 Å². The number of nitrogens with zero attached hydrogens (tertiary/aromatic N) is 1. The largest absolute Gasteiger partial charge is 0.322 e. The van der Waals surface area contributed by atoms with Crippen LogP contribution in [-0.2, 0) is 9.59 Å². The summed E-state index contributed by atoms with van der Waals surface area (Å²) in [5, 5.41) is 5.86. The highest BCUT2D eigenvalue weighted by molar-refractivity contribution is 9.10. The van der Waals surface area contributed by atoms with E-state index in [-0.39, 0.29) is 10.7 Å². The molecule has 3 aromatic rings. The van der Waals surface area contributed by atoms with Crippen molar-refractivity contribution in [2.24, 2.45) is 0 Å². The maximum Gasteiger partial charge on any atom is 0.261 e. The third kappa shape index (κ3) is 5.67. The molecule has 0 spiro atoms. The van der Waals surface area contributed by atoms with Gasteiger partial charge < -0.3 is 10.6 Å². The average molecular weight is 491 g/mol. The molecule has 3 rings (SSSR count). The van der Waals surface area contributed by atoms with Gasteiger partial charge in [0, 0.05) is 21.9 Å². The number of hydrogen-bond donors (Lipinski definition) is 2. The summed E-state index contributed by atoms with van der Waals surface area (Å²) in [5.74, 6) is -1.23. The van der Waals surface area contributed by atoms with Crippen LogP contribution in [0.3, 0.4) is 0 Å². The smallest absolute Gasteiger partial charge is 0.261 e. The number of aromatic nitrogens is 1. The summed E-state index contributed by atoms with van der Waals surface area (Å²) >= 11 is 15.6. The molecule has 0 bridgehead atoms. The van der Waals surface area contributed by atoms with E-state index < -0.39 is 11.8 Å². The molecule has 0 fully saturated rings. The van der Waals surface area contributed by atoms with Crippen LogP contribution < -0.4 is 10.6 Å². The molecule has 2 aromatic carbocycles. The molecule has 0 atom stereocenters. The van der Waals surface area contributed by atoms with E-state index in [0.29, 0.717) is 22.0 Å². The summed E-state index contributed by atoms with van der Waals surface area (Å²) in [6.45, 7) is 0. The molecule has 0 unspecified atom stereocenters. The zero-order valence-electron chi connectivity index (χ0n) is 14.8. The van der Waals surface area contributed by atoms with Crippen molar-refractivity contribution in [3.05, 3.63) is 92.6 Å².